The third kappa shape index (κ3) is 4.91. The van der Waals surface area contributed by atoms with E-state index in [1.165, 1.54) is 5.56 Å². The third-order valence-corrected chi connectivity index (χ3v) is 5.03. The van der Waals surface area contributed by atoms with Crippen molar-refractivity contribution >= 4 is 17.2 Å². The number of hydrogen-bond donors (Lipinski definition) is 2. The van der Waals surface area contributed by atoms with Crippen LogP contribution in [0.5, 0.6) is 0 Å². The summed E-state index contributed by atoms with van der Waals surface area (Å²) in [5.74, 6) is 0.543. The van der Waals surface area contributed by atoms with Crippen molar-refractivity contribution in [2.45, 2.75) is 51.6 Å². The molecule has 0 bridgehead atoms. The lowest BCUT2D eigenvalue weighted by molar-refractivity contribution is -0.121. The summed E-state index contributed by atoms with van der Waals surface area (Å²) in [5.41, 5.74) is 8.18. The Labute approximate surface area is 142 Å². The van der Waals surface area contributed by atoms with Gasteiger partial charge in [-0.1, -0.05) is 44.2 Å². The zero-order chi connectivity index (χ0) is 16.8. The summed E-state index contributed by atoms with van der Waals surface area (Å²) >= 11 is 1.66. The van der Waals surface area contributed by atoms with Gasteiger partial charge < -0.3 is 11.1 Å². The number of nitrogens with one attached hydrogen (secondary N) is 1. The molecule has 4 heteroatoms. The number of thiophene rings is 1. The molecule has 1 aromatic heterocycles. The molecule has 3 nitrogen and oxygen atoms in total. The van der Waals surface area contributed by atoms with Crippen LogP contribution in [0.3, 0.4) is 0 Å². The molecule has 2 rings (SSSR count). The molecule has 0 aliphatic heterocycles. The van der Waals surface area contributed by atoms with Crippen LogP contribution >= 0.6 is 11.3 Å². The smallest absolute Gasteiger partial charge is 0.222 e. The largest absolute Gasteiger partial charge is 0.344 e. The zero-order valence-corrected chi connectivity index (χ0v) is 14.9. The molecule has 3 N–H and O–H groups in total. The summed E-state index contributed by atoms with van der Waals surface area (Å²) in [4.78, 5) is 13.3. The Morgan fingerprint density at radius 3 is 2.35 bits per heavy atom. The van der Waals surface area contributed by atoms with Crippen molar-refractivity contribution in [1.29, 1.82) is 0 Å². The van der Waals surface area contributed by atoms with E-state index in [1.807, 2.05) is 18.4 Å². The molecule has 1 heterocycles. The van der Waals surface area contributed by atoms with E-state index in [2.05, 4.69) is 49.5 Å². The highest BCUT2D eigenvalue weighted by atomic mass is 32.1. The maximum atomic E-state index is 12.2. The van der Waals surface area contributed by atoms with Crippen LogP contribution in [-0.2, 0) is 4.79 Å². The van der Waals surface area contributed by atoms with E-state index in [1.54, 1.807) is 11.3 Å². The Morgan fingerprint density at radius 1 is 1.17 bits per heavy atom. The second kappa shape index (κ2) is 8.27. The highest BCUT2D eigenvalue weighted by Crippen LogP contribution is 2.28. The molecule has 0 radical (unpaired) electrons. The van der Waals surface area contributed by atoms with Gasteiger partial charge >= 0.3 is 0 Å². The first-order valence-electron chi connectivity index (χ1n) is 8.19. The molecule has 0 aliphatic carbocycles. The van der Waals surface area contributed by atoms with Crippen LogP contribution in [0.2, 0.25) is 0 Å². The van der Waals surface area contributed by atoms with Gasteiger partial charge in [0.05, 0.1) is 6.04 Å². The second-order valence-electron chi connectivity index (χ2n) is 6.17. The van der Waals surface area contributed by atoms with Crippen LogP contribution in [0.15, 0.2) is 41.8 Å². The van der Waals surface area contributed by atoms with E-state index in [4.69, 9.17) is 5.73 Å². The first-order chi connectivity index (χ1) is 11.0. The minimum Gasteiger partial charge on any atom is -0.344 e. The van der Waals surface area contributed by atoms with Crippen LogP contribution in [0.25, 0.3) is 0 Å². The monoisotopic (exact) mass is 330 g/mol. The molecule has 23 heavy (non-hydrogen) atoms. The van der Waals surface area contributed by atoms with Gasteiger partial charge in [-0.05, 0) is 41.8 Å². The van der Waals surface area contributed by atoms with Gasteiger partial charge in [0.2, 0.25) is 5.91 Å². The summed E-state index contributed by atoms with van der Waals surface area (Å²) in [6, 6.07) is 12.4. The van der Waals surface area contributed by atoms with Crippen molar-refractivity contribution in [2.75, 3.05) is 0 Å². The minimum absolute atomic E-state index is 0.00981. The summed E-state index contributed by atoms with van der Waals surface area (Å²) < 4.78 is 0. The van der Waals surface area contributed by atoms with Gasteiger partial charge in [-0.25, -0.2) is 0 Å². The fourth-order valence-electron chi connectivity index (χ4n) is 2.54. The van der Waals surface area contributed by atoms with Crippen LogP contribution < -0.4 is 11.1 Å². The van der Waals surface area contributed by atoms with Crippen molar-refractivity contribution in [3.8, 4) is 0 Å². The number of amides is 1. The van der Waals surface area contributed by atoms with Gasteiger partial charge in [-0.15, -0.1) is 11.3 Å². The van der Waals surface area contributed by atoms with Crippen LogP contribution in [0.1, 0.15) is 61.6 Å². The maximum Gasteiger partial charge on any atom is 0.222 e. The number of hydrogen-bond acceptors (Lipinski definition) is 3. The van der Waals surface area contributed by atoms with E-state index >= 15 is 0 Å². The summed E-state index contributed by atoms with van der Waals surface area (Å²) in [5, 5.41) is 5.16. The molecule has 0 aliphatic rings. The molecule has 1 aromatic carbocycles. The number of rotatable bonds is 7. The fourth-order valence-corrected chi connectivity index (χ4v) is 3.34. The van der Waals surface area contributed by atoms with Crippen molar-refractivity contribution in [2.24, 2.45) is 5.73 Å². The molecular formula is C19H26N2OS. The summed E-state index contributed by atoms with van der Waals surface area (Å²) in [7, 11) is 0. The lowest BCUT2D eigenvalue weighted by Crippen LogP contribution is -2.33. The Balaban J connectivity index is 2.22. The summed E-state index contributed by atoms with van der Waals surface area (Å²) in [6.07, 6.45) is 1.46. The zero-order valence-electron chi connectivity index (χ0n) is 14.1. The number of benzene rings is 1. The first-order valence-corrected chi connectivity index (χ1v) is 9.07. The molecular weight excluding hydrogens is 304 g/mol. The normalized spacial score (nSPS) is 15.0. The standard InChI is InChI=1S/C19H26N2OS/c1-4-13(2)15-7-9-16(10-8-15)19(17-6-5-11-23-17)21-18(22)12-14(3)20/h5-11,13-14,19H,4,12,20H2,1-3H3,(H,21,22). The molecule has 2 aromatic rings. The number of carbonyl (C=O) groups excluding carboxylic acids is 1. The second-order valence-corrected chi connectivity index (χ2v) is 7.15. The van der Waals surface area contributed by atoms with Gasteiger partial charge in [0, 0.05) is 17.3 Å². The average molecular weight is 330 g/mol. The minimum atomic E-state index is -0.133. The predicted molar refractivity (Wildman–Crippen MR) is 97.7 cm³/mol. The van der Waals surface area contributed by atoms with Crippen LogP contribution in [-0.4, -0.2) is 11.9 Å². The lowest BCUT2D eigenvalue weighted by atomic mass is 9.95. The molecule has 3 atom stereocenters. The fraction of sp³-hybridized carbons (Fsp3) is 0.421. The molecule has 0 fully saturated rings. The van der Waals surface area contributed by atoms with Crippen LogP contribution in [0.4, 0.5) is 0 Å². The van der Waals surface area contributed by atoms with Gasteiger partial charge in [0.15, 0.2) is 0 Å². The van der Waals surface area contributed by atoms with Gasteiger partial charge in [-0.2, -0.15) is 0 Å². The molecule has 124 valence electrons. The van der Waals surface area contributed by atoms with Crippen molar-refractivity contribution in [1.82, 2.24) is 5.32 Å². The Bertz CT molecular complexity index is 605. The topological polar surface area (TPSA) is 55.1 Å². The SMILES string of the molecule is CCC(C)c1ccc(C(NC(=O)CC(C)N)c2cccs2)cc1. The van der Waals surface area contributed by atoms with E-state index in [0.717, 1.165) is 16.9 Å². The first kappa shape index (κ1) is 17.7. The van der Waals surface area contributed by atoms with E-state index in [-0.39, 0.29) is 18.0 Å². The molecule has 1 amide bonds. The van der Waals surface area contributed by atoms with Gasteiger partial charge in [0.25, 0.3) is 0 Å². The predicted octanol–water partition coefficient (Wildman–Crippen LogP) is 4.20. The van der Waals surface area contributed by atoms with Crippen molar-refractivity contribution < 1.29 is 4.79 Å². The maximum absolute atomic E-state index is 12.2. The number of nitrogens with two attached hydrogens (primary N) is 1. The highest BCUT2D eigenvalue weighted by Gasteiger charge is 2.18. The highest BCUT2D eigenvalue weighted by molar-refractivity contribution is 7.10. The Morgan fingerprint density at radius 2 is 1.83 bits per heavy atom. The molecule has 3 unspecified atom stereocenters. The van der Waals surface area contributed by atoms with Gasteiger partial charge in [-0.3, -0.25) is 4.79 Å². The van der Waals surface area contributed by atoms with Gasteiger partial charge in [0.1, 0.15) is 0 Å². The van der Waals surface area contributed by atoms with E-state index in [9.17, 15) is 4.79 Å². The number of carbonyl (C=O) groups is 1. The van der Waals surface area contributed by atoms with Crippen molar-refractivity contribution in [3.05, 3.63) is 57.8 Å². The Hall–Kier alpha value is -1.65. The molecule has 0 spiro atoms. The lowest BCUT2D eigenvalue weighted by Gasteiger charge is -2.20. The third-order valence-electron chi connectivity index (χ3n) is 4.09. The van der Waals surface area contributed by atoms with E-state index in [0.29, 0.717) is 12.3 Å². The van der Waals surface area contributed by atoms with Crippen molar-refractivity contribution in [3.63, 3.8) is 0 Å². The summed E-state index contributed by atoms with van der Waals surface area (Å²) in [6.45, 7) is 6.28. The van der Waals surface area contributed by atoms with E-state index < -0.39 is 0 Å². The average Bonchev–Trinajstić information content (AvgIpc) is 3.05. The quantitative estimate of drug-likeness (QED) is 0.799. The molecule has 0 saturated carbocycles. The Kier molecular flexibility index (Phi) is 6.37. The van der Waals surface area contributed by atoms with Crippen LogP contribution in [0, 0.1) is 0 Å². The molecule has 0 saturated heterocycles.